The molecule has 3 rings (SSSR count). The van der Waals surface area contributed by atoms with Crippen molar-refractivity contribution in [2.24, 2.45) is 0 Å². The Morgan fingerprint density at radius 2 is 1.91 bits per heavy atom. The molecule has 2 aromatic rings. The highest BCUT2D eigenvalue weighted by atomic mass is 79.9. The standard InChI is InChI=1S/C18H14BrNO2S/c1-12-5-2-3-7-14(12)10-16-17(21)20(18(22)23-16)11-13-6-4-8-15(19)9-13/h2-10H,11H2,1H3/b16-10+. The Morgan fingerprint density at radius 1 is 1.13 bits per heavy atom. The maximum absolute atomic E-state index is 12.5. The largest absolute Gasteiger partial charge is 0.293 e. The number of hydrogen-bond donors (Lipinski definition) is 0. The van der Waals surface area contributed by atoms with Crippen molar-refractivity contribution in [3.8, 4) is 0 Å². The topological polar surface area (TPSA) is 37.4 Å². The van der Waals surface area contributed by atoms with Gasteiger partial charge in [-0.2, -0.15) is 0 Å². The van der Waals surface area contributed by atoms with E-state index in [1.165, 1.54) is 4.90 Å². The summed E-state index contributed by atoms with van der Waals surface area (Å²) in [5.74, 6) is -0.233. The highest BCUT2D eigenvalue weighted by molar-refractivity contribution is 9.10. The number of aryl methyl sites for hydroxylation is 1. The van der Waals surface area contributed by atoms with Crippen LogP contribution in [0.4, 0.5) is 4.79 Å². The Bertz CT molecular complexity index is 816. The Balaban J connectivity index is 1.84. The molecule has 0 spiro atoms. The molecule has 3 nitrogen and oxygen atoms in total. The van der Waals surface area contributed by atoms with Crippen molar-refractivity contribution >= 4 is 44.9 Å². The van der Waals surface area contributed by atoms with Gasteiger partial charge < -0.3 is 0 Å². The van der Waals surface area contributed by atoms with Crippen LogP contribution in [-0.4, -0.2) is 16.0 Å². The zero-order chi connectivity index (χ0) is 16.4. The fourth-order valence-electron chi connectivity index (χ4n) is 2.34. The van der Waals surface area contributed by atoms with E-state index in [1.807, 2.05) is 55.5 Å². The summed E-state index contributed by atoms with van der Waals surface area (Å²) in [7, 11) is 0. The molecule has 0 aromatic heterocycles. The van der Waals surface area contributed by atoms with Crippen LogP contribution < -0.4 is 0 Å². The molecule has 2 aromatic carbocycles. The molecule has 1 heterocycles. The number of thioether (sulfide) groups is 1. The van der Waals surface area contributed by atoms with E-state index in [0.717, 1.165) is 32.9 Å². The number of rotatable bonds is 3. The van der Waals surface area contributed by atoms with E-state index in [2.05, 4.69) is 15.9 Å². The van der Waals surface area contributed by atoms with Crippen LogP contribution in [0, 0.1) is 6.92 Å². The van der Waals surface area contributed by atoms with Crippen LogP contribution in [0.3, 0.4) is 0 Å². The summed E-state index contributed by atoms with van der Waals surface area (Å²) >= 11 is 4.40. The summed E-state index contributed by atoms with van der Waals surface area (Å²) in [6.07, 6.45) is 1.79. The van der Waals surface area contributed by atoms with Crippen LogP contribution in [0.2, 0.25) is 0 Å². The van der Waals surface area contributed by atoms with Gasteiger partial charge in [0.25, 0.3) is 11.1 Å². The van der Waals surface area contributed by atoms with Gasteiger partial charge in [-0.3, -0.25) is 14.5 Å². The van der Waals surface area contributed by atoms with Gasteiger partial charge in [0.2, 0.25) is 0 Å². The van der Waals surface area contributed by atoms with Crippen molar-refractivity contribution in [3.63, 3.8) is 0 Å². The van der Waals surface area contributed by atoms with Gasteiger partial charge in [-0.25, -0.2) is 0 Å². The molecule has 0 saturated carbocycles. The predicted molar refractivity (Wildman–Crippen MR) is 96.8 cm³/mol. The van der Waals surface area contributed by atoms with Crippen molar-refractivity contribution in [1.82, 2.24) is 4.90 Å². The van der Waals surface area contributed by atoms with E-state index in [9.17, 15) is 9.59 Å². The smallest absolute Gasteiger partial charge is 0.268 e. The van der Waals surface area contributed by atoms with Crippen LogP contribution in [0.15, 0.2) is 57.9 Å². The summed E-state index contributed by atoms with van der Waals surface area (Å²) < 4.78 is 0.928. The number of benzene rings is 2. The third kappa shape index (κ3) is 3.57. The van der Waals surface area contributed by atoms with Crippen molar-refractivity contribution < 1.29 is 9.59 Å². The minimum Gasteiger partial charge on any atom is -0.268 e. The van der Waals surface area contributed by atoms with E-state index in [1.54, 1.807) is 6.08 Å². The van der Waals surface area contributed by atoms with Crippen molar-refractivity contribution in [3.05, 3.63) is 74.6 Å². The molecule has 0 N–H and O–H groups in total. The molecule has 23 heavy (non-hydrogen) atoms. The lowest BCUT2D eigenvalue weighted by atomic mass is 10.1. The lowest BCUT2D eigenvalue weighted by Gasteiger charge is -2.12. The average Bonchev–Trinajstić information content (AvgIpc) is 2.77. The molecule has 0 unspecified atom stereocenters. The predicted octanol–water partition coefficient (Wildman–Crippen LogP) is 4.99. The molecular formula is C18H14BrNO2S. The van der Waals surface area contributed by atoms with Crippen LogP contribution in [0.25, 0.3) is 6.08 Å². The molecule has 2 amide bonds. The number of nitrogens with zero attached hydrogens (tertiary/aromatic N) is 1. The summed E-state index contributed by atoms with van der Waals surface area (Å²) in [6, 6.07) is 15.4. The maximum atomic E-state index is 12.5. The molecule has 0 radical (unpaired) electrons. The molecule has 0 aliphatic carbocycles. The summed E-state index contributed by atoms with van der Waals surface area (Å²) in [5.41, 5.74) is 2.95. The maximum Gasteiger partial charge on any atom is 0.293 e. The van der Waals surface area contributed by atoms with E-state index in [0.29, 0.717) is 4.91 Å². The average molecular weight is 388 g/mol. The second-order valence-electron chi connectivity index (χ2n) is 5.25. The first-order valence-corrected chi connectivity index (χ1v) is 8.71. The first kappa shape index (κ1) is 16.0. The number of halogens is 1. The molecule has 116 valence electrons. The second kappa shape index (κ2) is 6.72. The molecule has 1 aliphatic rings. The summed E-state index contributed by atoms with van der Waals surface area (Å²) in [5, 5.41) is -0.227. The zero-order valence-corrected chi connectivity index (χ0v) is 14.9. The van der Waals surface area contributed by atoms with Crippen molar-refractivity contribution in [1.29, 1.82) is 0 Å². The van der Waals surface area contributed by atoms with Gasteiger partial charge in [-0.1, -0.05) is 52.3 Å². The van der Waals surface area contributed by atoms with Crippen molar-refractivity contribution in [2.75, 3.05) is 0 Å². The van der Waals surface area contributed by atoms with Crippen LogP contribution >= 0.6 is 27.7 Å². The summed E-state index contributed by atoms with van der Waals surface area (Å²) in [4.78, 5) is 26.5. The van der Waals surface area contributed by atoms with Crippen LogP contribution in [0.1, 0.15) is 16.7 Å². The highest BCUT2D eigenvalue weighted by Crippen LogP contribution is 2.33. The van der Waals surface area contributed by atoms with Gasteiger partial charge in [0.1, 0.15) is 0 Å². The minimum atomic E-state index is -0.233. The SMILES string of the molecule is Cc1ccccc1/C=C1/SC(=O)N(Cc2cccc(Br)c2)C1=O. The van der Waals surface area contributed by atoms with Gasteiger partial charge in [-0.15, -0.1) is 0 Å². The van der Waals surface area contributed by atoms with E-state index < -0.39 is 0 Å². The molecule has 0 bridgehead atoms. The second-order valence-corrected chi connectivity index (χ2v) is 7.16. The molecule has 1 aliphatic heterocycles. The monoisotopic (exact) mass is 387 g/mol. The molecular weight excluding hydrogens is 374 g/mol. The quantitative estimate of drug-likeness (QED) is 0.695. The first-order chi connectivity index (χ1) is 11.0. The van der Waals surface area contributed by atoms with Gasteiger partial charge in [0.15, 0.2) is 0 Å². The van der Waals surface area contributed by atoms with E-state index in [-0.39, 0.29) is 17.7 Å². The fourth-order valence-corrected chi connectivity index (χ4v) is 3.62. The van der Waals surface area contributed by atoms with Crippen LogP contribution in [-0.2, 0) is 11.3 Å². The number of carbonyl (C=O) groups excluding carboxylic acids is 2. The van der Waals surface area contributed by atoms with E-state index in [4.69, 9.17) is 0 Å². The van der Waals surface area contributed by atoms with Crippen LogP contribution in [0.5, 0.6) is 0 Å². The normalized spacial score (nSPS) is 16.4. The minimum absolute atomic E-state index is 0.227. The Morgan fingerprint density at radius 3 is 2.65 bits per heavy atom. The Hall–Kier alpha value is -1.85. The third-order valence-electron chi connectivity index (χ3n) is 3.58. The molecule has 1 saturated heterocycles. The number of amides is 2. The van der Waals surface area contributed by atoms with Gasteiger partial charge >= 0.3 is 0 Å². The van der Waals surface area contributed by atoms with Crippen molar-refractivity contribution in [2.45, 2.75) is 13.5 Å². The first-order valence-electron chi connectivity index (χ1n) is 7.10. The van der Waals surface area contributed by atoms with Gasteiger partial charge in [-0.05, 0) is 53.6 Å². The fraction of sp³-hybridized carbons (Fsp3) is 0.111. The third-order valence-corrected chi connectivity index (χ3v) is 4.98. The zero-order valence-electron chi connectivity index (χ0n) is 12.5. The number of hydrogen-bond acceptors (Lipinski definition) is 3. The number of carbonyl (C=O) groups is 2. The molecule has 1 fully saturated rings. The van der Waals surface area contributed by atoms with Gasteiger partial charge in [0, 0.05) is 4.47 Å². The number of imide groups is 1. The highest BCUT2D eigenvalue weighted by Gasteiger charge is 2.35. The Labute approximate surface area is 147 Å². The lowest BCUT2D eigenvalue weighted by molar-refractivity contribution is -0.123. The van der Waals surface area contributed by atoms with Gasteiger partial charge in [0.05, 0.1) is 11.4 Å². The van der Waals surface area contributed by atoms with E-state index >= 15 is 0 Å². The molecule has 0 atom stereocenters. The Kier molecular flexibility index (Phi) is 4.68. The lowest BCUT2D eigenvalue weighted by Crippen LogP contribution is -2.27. The summed E-state index contributed by atoms with van der Waals surface area (Å²) in [6.45, 7) is 2.27. The molecule has 5 heteroatoms.